The summed E-state index contributed by atoms with van der Waals surface area (Å²) in [5.41, 5.74) is 0.232. The number of hydrogen-bond donors (Lipinski definition) is 1. The van der Waals surface area contributed by atoms with E-state index in [1.807, 2.05) is 0 Å². The summed E-state index contributed by atoms with van der Waals surface area (Å²) in [4.78, 5) is 23.5. The molecular weight excluding hydrogens is 273 g/mol. The van der Waals surface area contributed by atoms with Gasteiger partial charge in [-0.1, -0.05) is 19.8 Å². The highest BCUT2D eigenvalue weighted by Gasteiger charge is 2.23. The molecule has 21 heavy (non-hydrogen) atoms. The standard InChI is InChI=1S/C16H20FNO3/c1-11-4-2-3-5-14(11)18-15(19)10-21-16(20)12-6-8-13(17)9-7-12/h6-9,11,14H,2-5,10H2,1H3,(H,18,19)/t11-,14+/m1/s1. The van der Waals surface area contributed by atoms with Crippen molar-refractivity contribution in [2.24, 2.45) is 5.92 Å². The Morgan fingerprint density at radius 3 is 2.57 bits per heavy atom. The average molecular weight is 293 g/mol. The fourth-order valence-electron chi connectivity index (χ4n) is 2.58. The monoisotopic (exact) mass is 293 g/mol. The van der Waals surface area contributed by atoms with Gasteiger partial charge in [0.15, 0.2) is 6.61 Å². The maximum Gasteiger partial charge on any atom is 0.338 e. The highest BCUT2D eigenvalue weighted by atomic mass is 19.1. The highest BCUT2D eigenvalue weighted by molar-refractivity contribution is 5.91. The van der Waals surface area contributed by atoms with Gasteiger partial charge >= 0.3 is 5.97 Å². The fourth-order valence-corrected chi connectivity index (χ4v) is 2.58. The third-order valence-electron chi connectivity index (χ3n) is 3.87. The molecule has 0 radical (unpaired) electrons. The van der Waals surface area contributed by atoms with Gasteiger partial charge in [0, 0.05) is 6.04 Å². The molecule has 1 aliphatic carbocycles. The summed E-state index contributed by atoms with van der Waals surface area (Å²) in [7, 11) is 0. The molecule has 0 unspecified atom stereocenters. The molecule has 1 N–H and O–H groups in total. The normalized spacial score (nSPS) is 21.6. The lowest BCUT2D eigenvalue weighted by Crippen LogP contribution is -2.42. The van der Waals surface area contributed by atoms with Crippen molar-refractivity contribution in [2.45, 2.75) is 38.6 Å². The van der Waals surface area contributed by atoms with Crippen LogP contribution in [0.5, 0.6) is 0 Å². The molecular formula is C16H20FNO3. The third kappa shape index (κ3) is 4.55. The van der Waals surface area contributed by atoms with E-state index in [1.54, 1.807) is 0 Å². The molecule has 0 bridgehead atoms. The smallest absolute Gasteiger partial charge is 0.338 e. The molecule has 0 aliphatic heterocycles. The minimum atomic E-state index is -0.623. The fraction of sp³-hybridized carbons (Fsp3) is 0.500. The number of halogens is 1. The number of rotatable bonds is 4. The second-order valence-corrected chi connectivity index (χ2v) is 5.52. The Labute approximate surface area is 123 Å². The van der Waals surface area contributed by atoms with Crippen LogP contribution in [0.15, 0.2) is 24.3 Å². The Balaban J connectivity index is 1.78. The van der Waals surface area contributed by atoms with Crippen molar-refractivity contribution in [1.29, 1.82) is 0 Å². The number of nitrogens with one attached hydrogen (secondary N) is 1. The van der Waals surface area contributed by atoms with Crippen LogP contribution in [0, 0.1) is 11.7 Å². The van der Waals surface area contributed by atoms with Gasteiger partial charge < -0.3 is 10.1 Å². The number of hydrogen-bond acceptors (Lipinski definition) is 3. The molecule has 1 aliphatic rings. The molecule has 1 saturated carbocycles. The molecule has 4 nitrogen and oxygen atoms in total. The van der Waals surface area contributed by atoms with Crippen LogP contribution >= 0.6 is 0 Å². The first kappa shape index (κ1) is 15.5. The number of carbonyl (C=O) groups excluding carboxylic acids is 2. The Morgan fingerprint density at radius 2 is 1.90 bits per heavy atom. The van der Waals surface area contributed by atoms with E-state index >= 15 is 0 Å². The molecule has 114 valence electrons. The van der Waals surface area contributed by atoms with Crippen LogP contribution in [0.4, 0.5) is 4.39 Å². The van der Waals surface area contributed by atoms with Crippen LogP contribution in [0.3, 0.4) is 0 Å². The van der Waals surface area contributed by atoms with Crippen LogP contribution in [0.25, 0.3) is 0 Å². The molecule has 2 rings (SSSR count). The molecule has 1 amide bonds. The van der Waals surface area contributed by atoms with Crippen LogP contribution in [0.2, 0.25) is 0 Å². The summed E-state index contributed by atoms with van der Waals surface area (Å²) in [5.74, 6) is -0.878. The predicted octanol–water partition coefficient (Wildman–Crippen LogP) is 2.68. The van der Waals surface area contributed by atoms with Crippen LogP contribution in [-0.2, 0) is 9.53 Å². The Morgan fingerprint density at radius 1 is 1.24 bits per heavy atom. The zero-order chi connectivity index (χ0) is 15.2. The quantitative estimate of drug-likeness (QED) is 0.868. The molecule has 0 spiro atoms. The van der Waals surface area contributed by atoms with E-state index in [9.17, 15) is 14.0 Å². The second kappa shape index (κ2) is 7.20. The van der Waals surface area contributed by atoms with Gasteiger partial charge in [0.05, 0.1) is 5.56 Å². The van der Waals surface area contributed by atoms with Gasteiger partial charge in [-0.15, -0.1) is 0 Å². The predicted molar refractivity (Wildman–Crippen MR) is 76.2 cm³/mol. The maximum atomic E-state index is 12.7. The van der Waals surface area contributed by atoms with Crippen molar-refractivity contribution in [1.82, 2.24) is 5.32 Å². The molecule has 2 atom stereocenters. The SMILES string of the molecule is C[C@@H]1CCCC[C@@H]1NC(=O)COC(=O)c1ccc(F)cc1. The van der Waals surface area contributed by atoms with Crippen LogP contribution < -0.4 is 5.32 Å². The Hall–Kier alpha value is -1.91. The van der Waals surface area contributed by atoms with Gasteiger partial charge in [-0.25, -0.2) is 9.18 Å². The molecule has 0 saturated heterocycles. The van der Waals surface area contributed by atoms with E-state index in [2.05, 4.69) is 12.2 Å². The summed E-state index contributed by atoms with van der Waals surface area (Å²) in [6.45, 7) is 1.81. The minimum Gasteiger partial charge on any atom is -0.452 e. The Kier molecular flexibility index (Phi) is 5.31. The van der Waals surface area contributed by atoms with Crippen molar-refractivity contribution in [2.75, 3.05) is 6.61 Å². The molecule has 1 fully saturated rings. The zero-order valence-corrected chi connectivity index (χ0v) is 12.1. The van der Waals surface area contributed by atoms with Crippen molar-refractivity contribution in [3.8, 4) is 0 Å². The molecule has 1 aromatic carbocycles. The van der Waals surface area contributed by atoms with Crippen LogP contribution in [0.1, 0.15) is 43.0 Å². The molecule has 0 heterocycles. The Bertz CT molecular complexity index is 501. The first-order valence-electron chi connectivity index (χ1n) is 7.28. The van der Waals surface area contributed by atoms with E-state index in [1.165, 1.54) is 30.7 Å². The van der Waals surface area contributed by atoms with Gasteiger partial charge in [-0.2, -0.15) is 0 Å². The van der Waals surface area contributed by atoms with Crippen molar-refractivity contribution in [3.63, 3.8) is 0 Å². The van der Waals surface area contributed by atoms with Crippen molar-refractivity contribution in [3.05, 3.63) is 35.6 Å². The van der Waals surface area contributed by atoms with E-state index in [4.69, 9.17) is 4.74 Å². The lowest BCUT2D eigenvalue weighted by molar-refractivity contribution is -0.125. The lowest BCUT2D eigenvalue weighted by atomic mass is 9.86. The van der Waals surface area contributed by atoms with Crippen molar-refractivity contribution < 1.29 is 18.7 Å². The minimum absolute atomic E-state index is 0.163. The summed E-state index contributed by atoms with van der Waals surface area (Å²) < 4.78 is 17.7. The first-order valence-corrected chi connectivity index (χ1v) is 7.28. The van der Waals surface area contributed by atoms with Gasteiger partial charge in [0.2, 0.25) is 0 Å². The maximum absolute atomic E-state index is 12.7. The molecule has 0 aromatic heterocycles. The summed E-state index contributed by atoms with van der Waals surface area (Å²) in [6.07, 6.45) is 4.40. The highest BCUT2D eigenvalue weighted by Crippen LogP contribution is 2.23. The zero-order valence-electron chi connectivity index (χ0n) is 12.1. The topological polar surface area (TPSA) is 55.4 Å². The number of esters is 1. The van der Waals surface area contributed by atoms with E-state index in [-0.39, 0.29) is 24.1 Å². The van der Waals surface area contributed by atoms with Crippen LogP contribution in [-0.4, -0.2) is 24.5 Å². The van der Waals surface area contributed by atoms with E-state index < -0.39 is 11.8 Å². The number of benzene rings is 1. The second-order valence-electron chi connectivity index (χ2n) is 5.52. The van der Waals surface area contributed by atoms with E-state index in [0.29, 0.717) is 5.92 Å². The summed E-state index contributed by atoms with van der Waals surface area (Å²) in [6, 6.07) is 5.19. The summed E-state index contributed by atoms with van der Waals surface area (Å²) in [5, 5.41) is 2.91. The molecule has 5 heteroatoms. The van der Waals surface area contributed by atoms with Gasteiger partial charge in [-0.3, -0.25) is 4.79 Å². The summed E-state index contributed by atoms with van der Waals surface area (Å²) >= 11 is 0. The number of amides is 1. The third-order valence-corrected chi connectivity index (χ3v) is 3.87. The van der Waals surface area contributed by atoms with E-state index in [0.717, 1.165) is 19.3 Å². The lowest BCUT2D eigenvalue weighted by Gasteiger charge is -2.29. The molecule has 1 aromatic rings. The first-order chi connectivity index (χ1) is 10.1. The number of ether oxygens (including phenoxy) is 1. The number of carbonyl (C=O) groups is 2. The largest absolute Gasteiger partial charge is 0.452 e. The average Bonchev–Trinajstić information content (AvgIpc) is 2.48. The van der Waals surface area contributed by atoms with Gasteiger partial charge in [-0.05, 0) is 43.0 Å². The van der Waals surface area contributed by atoms with Gasteiger partial charge in [0.25, 0.3) is 5.91 Å². The van der Waals surface area contributed by atoms with Crippen molar-refractivity contribution >= 4 is 11.9 Å². The van der Waals surface area contributed by atoms with Gasteiger partial charge in [0.1, 0.15) is 5.82 Å².